The van der Waals surface area contributed by atoms with Crippen LogP contribution in [-0.2, 0) is 6.42 Å². The standard InChI is InChI=1S/C15H21N3O/c1-10-7-11(2)15(12(3)8-10)13(4)16-6-5-14-17-9-19-18-14/h7-9,13,16H,5-6H2,1-4H3. The molecule has 0 spiro atoms. The van der Waals surface area contributed by atoms with Gasteiger partial charge in [-0.25, -0.2) is 0 Å². The van der Waals surface area contributed by atoms with Crippen molar-refractivity contribution in [2.45, 2.75) is 40.2 Å². The largest absolute Gasteiger partial charge is 0.343 e. The highest BCUT2D eigenvalue weighted by Gasteiger charge is 2.11. The number of nitrogens with zero attached hydrogens (tertiary/aromatic N) is 2. The van der Waals surface area contributed by atoms with Crippen LogP contribution in [0.25, 0.3) is 0 Å². The lowest BCUT2D eigenvalue weighted by Gasteiger charge is -2.19. The van der Waals surface area contributed by atoms with Crippen LogP contribution in [0, 0.1) is 20.8 Å². The first-order valence-electron chi connectivity index (χ1n) is 6.64. The lowest BCUT2D eigenvalue weighted by atomic mass is 9.95. The predicted octanol–water partition coefficient (Wildman–Crippen LogP) is 2.89. The van der Waals surface area contributed by atoms with Gasteiger partial charge in [0.1, 0.15) is 0 Å². The smallest absolute Gasteiger partial charge is 0.213 e. The fraction of sp³-hybridized carbons (Fsp3) is 0.467. The summed E-state index contributed by atoms with van der Waals surface area (Å²) in [5.41, 5.74) is 5.39. The van der Waals surface area contributed by atoms with Crippen LogP contribution in [0.3, 0.4) is 0 Å². The average Bonchev–Trinajstić information content (AvgIpc) is 2.80. The topological polar surface area (TPSA) is 51.0 Å². The van der Waals surface area contributed by atoms with Gasteiger partial charge in [-0.05, 0) is 44.4 Å². The van der Waals surface area contributed by atoms with Crippen molar-refractivity contribution in [3.05, 3.63) is 46.6 Å². The highest BCUT2D eigenvalue weighted by Crippen LogP contribution is 2.23. The van der Waals surface area contributed by atoms with Crippen molar-refractivity contribution in [2.75, 3.05) is 6.54 Å². The Morgan fingerprint density at radius 2 is 1.89 bits per heavy atom. The molecule has 0 aliphatic carbocycles. The molecule has 1 N–H and O–H groups in total. The van der Waals surface area contributed by atoms with Crippen LogP contribution in [0.15, 0.2) is 23.0 Å². The van der Waals surface area contributed by atoms with E-state index < -0.39 is 0 Å². The highest BCUT2D eigenvalue weighted by atomic mass is 16.5. The van der Waals surface area contributed by atoms with Crippen LogP contribution in [-0.4, -0.2) is 16.7 Å². The van der Waals surface area contributed by atoms with Crippen molar-refractivity contribution in [3.63, 3.8) is 0 Å². The molecule has 0 saturated carbocycles. The van der Waals surface area contributed by atoms with E-state index in [1.807, 2.05) is 0 Å². The Kier molecular flexibility index (Phi) is 4.32. The molecule has 2 aromatic rings. The molecule has 1 aromatic heterocycles. The maximum Gasteiger partial charge on any atom is 0.213 e. The summed E-state index contributed by atoms with van der Waals surface area (Å²) in [5.74, 6) is 0.747. The molecule has 2 rings (SSSR count). The monoisotopic (exact) mass is 259 g/mol. The van der Waals surface area contributed by atoms with Crippen LogP contribution in [0.4, 0.5) is 0 Å². The second-order valence-electron chi connectivity index (χ2n) is 5.09. The molecular weight excluding hydrogens is 238 g/mol. The van der Waals surface area contributed by atoms with Crippen molar-refractivity contribution in [1.82, 2.24) is 15.5 Å². The van der Waals surface area contributed by atoms with Crippen LogP contribution in [0.1, 0.15) is 41.0 Å². The van der Waals surface area contributed by atoms with Crippen molar-refractivity contribution < 1.29 is 4.52 Å². The Morgan fingerprint density at radius 1 is 1.21 bits per heavy atom. The number of aromatic nitrogens is 2. The van der Waals surface area contributed by atoms with Crippen molar-refractivity contribution in [3.8, 4) is 0 Å². The SMILES string of the molecule is Cc1cc(C)c(C(C)NCCc2ncon2)c(C)c1. The van der Waals surface area contributed by atoms with E-state index in [4.69, 9.17) is 4.52 Å². The quantitative estimate of drug-likeness (QED) is 0.897. The molecule has 0 fully saturated rings. The minimum Gasteiger partial charge on any atom is -0.343 e. The fourth-order valence-electron chi connectivity index (χ4n) is 2.68. The van der Waals surface area contributed by atoms with Gasteiger partial charge in [0.2, 0.25) is 6.39 Å². The molecule has 4 heteroatoms. The third kappa shape index (κ3) is 3.41. The lowest BCUT2D eigenvalue weighted by molar-refractivity contribution is 0.408. The minimum absolute atomic E-state index is 0.326. The van der Waals surface area contributed by atoms with Gasteiger partial charge in [-0.3, -0.25) is 0 Å². The Labute approximate surface area is 114 Å². The first-order valence-corrected chi connectivity index (χ1v) is 6.64. The van der Waals surface area contributed by atoms with Gasteiger partial charge >= 0.3 is 0 Å². The molecule has 19 heavy (non-hydrogen) atoms. The van der Waals surface area contributed by atoms with E-state index in [1.54, 1.807) is 0 Å². The summed E-state index contributed by atoms with van der Waals surface area (Å²) in [4.78, 5) is 4.01. The Hall–Kier alpha value is -1.68. The molecule has 0 aliphatic rings. The molecule has 0 radical (unpaired) electrons. The number of nitrogens with one attached hydrogen (secondary N) is 1. The van der Waals surface area contributed by atoms with E-state index in [9.17, 15) is 0 Å². The molecule has 0 bridgehead atoms. The zero-order valence-electron chi connectivity index (χ0n) is 12.0. The number of benzene rings is 1. The molecule has 0 saturated heterocycles. The molecule has 1 aromatic carbocycles. The second kappa shape index (κ2) is 5.97. The number of rotatable bonds is 5. The van der Waals surface area contributed by atoms with Gasteiger partial charge in [-0.2, -0.15) is 4.98 Å². The second-order valence-corrected chi connectivity index (χ2v) is 5.09. The van der Waals surface area contributed by atoms with Gasteiger partial charge in [0.25, 0.3) is 0 Å². The van der Waals surface area contributed by atoms with Crippen LogP contribution >= 0.6 is 0 Å². The number of aryl methyl sites for hydroxylation is 3. The third-order valence-electron chi connectivity index (χ3n) is 3.38. The average molecular weight is 259 g/mol. The van der Waals surface area contributed by atoms with Crippen LogP contribution < -0.4 is 5.32 Å². The van der Waals surface area contributed by atoms with E-state index in [-0.39, 0.29) is 0 Å². The van der Waals surface area contributed by atoms with Crippen molar-refractivity contribution in [2.24, 2.45) is 0 Å². The zero-order chi connectivity index (χ0) is 13.8. The van der Waals surface area contributed by atoms with E-state index in [0.29, 0.717) is 6.04 Å². The molecule has 1 atom stereocenters. The summed E-state index contributed by atoms with van der Waals surface area (Å²) in [6.45, 7) is 9.52. The minimum atomic E-state index is 0.326. The Morgan fingerprint density at radius 3 is 2.47 bits per heavy atom. The van der Waals surface area contributed by atoms with E-state index in [2.05, 4.69) is 55.3 Å². The molecule has 4 nitrogen and oxygen atoms in total. The fourth-order valence-corrected chi connectivity index (χ4v) is 2.68. The maximum atomic E-state index is 4.72. The van der Waals surface area contributed by atoms with Crippen LogP contribution in [0.2, 0.25) is 0 Å². The molecule has 0 aliphatic heterocycles. The molecule has 102 valence electrons. The summed E-state index contributed by atoms with van der Waals surface area (Å²) in [6.07, 6.45) is 2.15. The number of hydrogen-bond donors (Lipinski definition) is 1. The van der Waals surface area contributed by atoms with E-state index >= 15 is 0 Å². The summed E-state index contributed by atoms with van der Waals surface area (Å²) in [6, 6.07) is 4.80. The maximum absolute atomic E-state index is 4.72. The summed E-state index contributed by atoms with van der Waals surface area (Å²) >= 11 is 0. The first-order chi connectivity index (χ1) is 9.08. The highest BCUT2D eigenvalue weighted by molar-refractivity contribution is 5.39. The van der Waals surface area contributed by atoms with Gasteiger partial charge in [-0.15, -0.1) is 0 Å². The van der Waals surface area contributed by atoms with Gasteiger partial charge < -0.3 is 9.84 Å². The van der Waals surface area contributed by atoms with Gasteiger partial charge in [0.15, 0.2) is 5.82 Å². The normalized spacial score (nSPS) is 12.6. The van der Waals surface area contributed by atoms with Crippen molar-refractivity contribution >= 4 is 0 Å². The molecule has 0 amide bonds. The summed E-state index contributed by atoms with van der Waals surface area (Å²) in [7, 11) is 0. The Bertz CT molecular complexity index is 511. The summed E-state index contributed by atoms with van der Waals surface area (Å²) in [5, 5.41) is 7.32. The van der Waals surface area contributed by atoms with E-state index in [1.165, 1.54) is 28.6 Å². The zero-order valence-corrected chi connectivity index (χ0v) is 12.0. The van der Waals surface area contributed by atoms with Gasteiger partial charge in [0, 0.05) is 19.0 Å². The predicted molar refractivity (Wildman–Crippen MR) is 75.1 cm³/mol. The molecule has 1 heterocycles. The van der Waals surface area contributed by atoms with Crippen molar-refractivity contribution in [1.29, 1.82) is 0 Å². The first kappa shape index (κ1) is 13.7. The summed E-state index contributed by atoms with van der Waals surface area (Å²) < 4.78 is 4.72. The number of hydrogen-bond acceptors (Lipinski definition) is 4. The van der Waals surface area contributed by atoms with Gasteiger partial charge in [-0.1, -0.05) is 22.9 Å². The van der Waals surface area contributed by atoms with Crippen LogP contribution in [0.5, 0.6) is 0 Å². The molecule has 1 unspecified atom stereocenters. The Balaban J connectivity index is 1.98. The third-order valence-corrected chi connectivity index (χ3v) is 3.38. The lowest BCUT2D eigenvalue weighted by Crippen LogP contribution is -2.23. The van der Waals surface area contributed by atoms with Gasteiger partial charge in [0.05, 0.1) is 0 Å². The molecular formula is C15H21N3O. The van der Waals surface area contributed by atoms with E-state index in [0.717, 1.165) is 18.8 Å².